The second-order valence-electron chi connectivity index (χ2n) is 7.07. The molecule has 0 unspecified atom stereocenters. The van der Waals surface area contributed by atoms with Crippen molar-refractivity contribution < 1.29 is 13.2 Å². The van der Waals surface area contributed by atoms with Crippen LogP contribution in [0, 0.1) is 0 Å². The maximum atomic E-state index is 12.4. The van der Waals surface area contributed by atoms with Crippen LogP contribution in [0.15, 0.2) is 53.4 Å². The van der Waals surface area contributed by atoms with Crippen LogP contribution in [0.2, 0.25) is 0 Å². The first-order valence-corrected chi connectivity index (χ1v) is 11.1. The number of hydrogen-bond acceptors (Lipinski definition) is 4. The Bertz CT molecular complexity index is 887. The van der Waals surface area contributed by atoms with Gasteiger partial charge in [0, 0.05) is 37.9 Å². The molecule has 0 aliphatic carbocycles. The Balaban J connectivity index is 1.46. The van der Waals surface area contributed by atoms with E-state index < -0.39 is 10.0 Å². The predicted molar refractivity (Wildman–Crippen MR) is 112 cm³/mol. The second kappa shape index (κ2) is 9.21. The number of carbonyl (C=O) groups is 1. The van der Waals surface area contributed by atoms with Gasteiger partial charge in [0.25, 0.3) is 0 Å². The molecule has 1 heterocycles. The molecule has 1 amide bonds. The number of benzene rings is 2. The van der Waals surface area contributed by atoms with E-state index >= 15 is 0 Å². The van der Waals surface area contributed by atoms with Crippen molar-refractivity contribution in [1.82, 2.24) is 4.72 Å². The molecule has 28 heavy (non-hydrogen) atoms. The molecule has 7 heteroatoms. The fourth-order valence-corrected chi connectivity index (χ4v) is 4.43. The molecule has 1 saturated heterocycles. The zero-order valence-corrected chi connectivity index (χ0v) is 17.0. The van der Waals surface area contributed by atoms with E-state index in [1.54, 1.807) is 12.1 Å². The molecule has 2 N–H and O–H groups in total. The van der Waals surface area contributed by atoms with Gasteiger partial charge in [-0.1, -0.05) is 12.1 Å². The molecule has 6 nitrogen and oxygen atoms in total. The van der Waals surface area contributed by atoms with Crippen LogP contribution < -0.4 is 14.9 Å². The van der Waals surface area contributed by atoms with Crippen molar-refractivity contribution in [3.8, 4) is 0 Å². The average molecular weight is 402 g/mol. The third-order valence-electron chi connectivity index (χ3n) is 4.83. The van der Waals surface area contributed by atoms with Crippen LogP contribution in [0.25, 0.3) is 0 Å². The highest BCUT2D eigenvalue weighted by Crippen LogP contribution is 2.21. The standard InChI is InChI=1S/C21H27N3O3S/c1-17(25)23-19-8-12-21(13-9-19)28(26,27)22-14-4-5-18-6-10-20(11-7-18)24-15-2-3-16-24/h6-13,22H,2-5,14-16H2,1H3,(H,23,25). The zero-order valence-electron chi connectivity index (χ0n) is 16.1. The van der Waals surface area contributed by atoms with Gasteiger partial charge in [-0.05, 0) is 67.6 Å². The van der Waals surface area contributed by atoms with Crippen molar-refractivity contribution in [3.63, 3.8) is 0 Å². The minimum absolute atomic E-state index is 0.191. The lowest BCUT2D eigenvalue weighted by Crippen LogP contribution is -2.25. The first-order chi connectivity index (χ1) is 13.4. The number of sulfonamides is 1. The summed E-state index contributed by atoms with van der Waals surface area (Å²) in [5, 5.41) is 2.62. The van der Waals surface area contributed by atoms with Gasteiger partial charge in [0.15, 0.2) is 0 Å². The highest BCUT2D eigenvalue weighted by molar-refractivity contribution is 7.89. The summed E-state index contributed by atoms with van der Waals surface area (Å²) in [5.41, 5.74) is 3.05. The molecule has 0 radical (unpaired) electrons. The van der Waals surface area contributed by atoms with Gasteiger partial charge in [-0.2, -0.15) is 0 Å². The van der Waals surface area contributed by atoms with E-state index in [1.807, 2.05) is 0 Å². The van der Waals surface area contributed by atoms with Crippen LogP contribution >= 0.6 is 0 Å². The van der Waals surface area contributed by atoms with Gasteiger partial charge >= 0.3 is 0 Å². The number of rotatable bonds is 8. The largest absolute Gasteiger partial charge is 0.372 e. The lowest BCUT2D eigenvalue weighted by atomic mass is 10.1. The van der Waals surface area contributed by atoms with Gasteiger partial charge in [0.2, 0.25) is 15.9 Å². The van der Waals surface area contributed by atoms with Crippen LogP contribution in [0.4, 0.5) is 11.4 Å². The zero-order chi connectivity index (χ0) is 20.0. The van der Waals surface area contributed by atoms with Crippen LogP contribution in [0.1, 0.15) is 31.7 Å². The van der Waals surface area contributed by atoms with Crippen LogP contribution in [-0.4, -0.2) is 34.0 Å². The second-order valence-corrected chi connectivity index (χ2v) is 8.83. The fourth-order valence-electron chi connectivity index (χ4n) is 3.35. The van der Waals surface area contributed by atoms with Crippen molar-refractivity contribution in [2.45, 2.75) is 37.5 Å². The van der Waals surface area contributed by atoms with Gasteiger partial charge in [-0.3, -0.25) is 4.79 Å². The summed E-state index contributed by atoms with van der Waals surface area (Å²) >= 11 is 0. The van der Waals surface area contributed by atoms with E-state index in [0.29, 0.717) is 12.2 Å². The summed E-state index contributed by atoms with van der Waals surface area (Å²) in [6.45, 7) is 4.05. The number of hydrogen-bond donors (Lipinski definition) is 2. The van der Waals surface area contributed by atoms with E-state index in [-0.39, 0.29) is 10.8 Å². The highest BCUT2D eigenvalue weighted by atomic mass is 32.2. The van der Waals surface area contributed by atoms with E-state index in [4.69, 9.17) is 0 Å². The number of amides is 1. The first-order valence-electron chi connectivity index (χ1n) is 9.65. The Morgan fingerprint density at radius 2 is 1.64 bits per heavy atom. The van der Waals surface area contributed by atoms with Gasteiger partial charge in [-0.15, -0.1) is 0 Å². The molecule has 150 valence electrons. The predicted octanol–water partition coefficient (Wildman–Crippen LogP) is 3.16. The number of carbonyl (C=O) groups excluding carboxylic acids is 1. The summed E-state index contributed by atoms with van der Waals surface area (Å²) in [6.07, 6.45) is 4.08. The lowest BCUT2D eigenvalue weighted by Gasteiger charge is -2.17. The summed E-state index contributed by atoms with van der Waals surface area (Å²) in [4.78, 5) is 13.6. The molecule has 0 bridgehead atoms. The maximum Gasteiger partial charge on any atom is 0.240 e. The molecule has 1 aliphatic heterocycles. The first kappa shape index (κ1) is 20.4. The molecule has 0 spiro atoms. The third-order valence-corrected chi connectivity index (χ3v) is 6.30. The molecular weight excluding hydrogens is 374 g/mol. The van der Waals surface area contributed by atoms with Crippen LogP contribution in [0.5, 0.6) is 0 Å². The minimum atomic E-state index is -3.55. The normalized spacial score (nSPS) is 14.2. The van der Waals surface area contributed by atoms with Crippen molar-refractivity contribution in [2.24, 2.45) is 0 Å². The number of nitrogens with one attached hydrogen (secondary N) is 2. The van der Waals surface area contributed by atoms with E-state index in [2.05, 4.69) is 39.2 Å². The molecular formula is C21H27N3O3S. The minimum Gasteiger partial charge on any atom is -0.372 e. The van der Waals surface area contributed by atoms with Gasteiger partial charge in [0.05, 0.1) is 4.90 Å². The molecule has 2 aromatic rings. The van der Waals surface area contributed by atoms with Crippen molar-refractivity contribution in [1.29, 1.82) is 0 Å². The summed E-state index contributed by atoms with van der Waals surface area (Å²) < 4.78 is 27.4. The smallest absolute Gasteiger partial charge is 0.240 e. The number of aryl methyl sites for hydroxylation is 1. The van der Waals surface area contributed by atoms with Crippen molar-refractivity contribution in [3.05, 3.63) is 54.1 Å². The highest BCUT2D eigenvalue weighted by Gasteiger charge is 2.14. The molecule has 3 rings (SSSR count). The molecule has 0 atom stereocenters. The van der Waals surface area contributed by atoms with Gasteiger partial charge in [0.1, 0.15) is 0 Å². The monoisotopic (exact) mass is 401 g/mol. The van der Waals surface area contributed by atoms with E-state index in [1.165, 1.54) is 43.1 Å². The molecule has 1 aliphatic rings. The Morgan fingerprint density at radius 3 is 2.25 bits per heavy atom. The van der Waals surface area contributed by atoms with Crippen LogP contribution in [-0.2, 0) is 21.2 Å². The number of anilines is 2. The molecule has 1 fully saturated rings. The Hall–Kier alpha value is -2.38. The Morgan fingerprint density at radius 1 is 1.00 bits per heavy atom. The summed E-state index contributed by atoms with van der Waals surface area (Å²) in [7, 11) is -3.55. The topological polar surface area (TPSA) is 78.5 Å². The van der Waals surface area contributed by atoms with Crippen LogP contribution in [0.3, 0.4) is 0 Å². The number of nitrogens with zero attached hydrogens (tertiary/aromatic N) is 1. The van der Waals surface area contributed by atoms with Crippen molar-refractivity contribution in [2.75, 3.05) is 29.9 Å². The molecule has 2 aromatic carbocycles. The average Bonchev–Trinajstić information content (AvgIpc) is 3.20. The molecule has 0 saturated carbocycles. The van der Waals surface area contributed by atoms with Gasteiger partial charge in [-0.25, -0.2) is 13.1 Å². The maximum absolute atomic E-state index is 12.4. The van der Waals surface area contributed by atoms with Crippen molar-refractivity contribution >= 4 is 27.3 Å². The quantitative estimate of drug-likeness (QED) is 0.666. The van der Waals surface area contributed by atoms with E-state index in [0.717, 1.165) is 25.9 Å². The van der Waals surface area contributed by atoms with Gasteiger partial charge < -0.3 is 10.2 Å². The lowest BCUT2D eigenvalue weighted by molar-refractivity contribution is -0.114. The summed E-state index contributed by atoms with van der Waals surface area (Å²) in [5.74, 6) is -0.192. The van der Waals surface area contributed by atoms with E-state index in [9.17, 15) is 13.2 Å². The molecule has 0 aromatic heterocycles. The Labute approximate surface area is 167 Å². The Kier molecular flexibility index (Phi) is 6.70. The fraction of sp³-hybridized carbons (Fsp3) is 0.381. The SMILES string of the molecule is CC(=O)Nc1ccc(S(=O)(=O)NCCCc2ccc(N3CCCC3)cc2)cc1. The summed E-state index contributed by atoms with van der Waals surface area (Å²) in [6, 6.07) is 14.7. The third kappa shape index (κ3) is 5.56.